The number of nitrogens with zero attached hydrogens (tertiary/aromatic N) is 4. The molecule has 4 rings (SSSR count). The Morgan fingerprint density at radius 3 is 2.70 bits per heavy atom. The van der Waals surface area contributed by atoms with Gasteiger partial charge in [-0.1, -0.05) is 31.2 Å². The Morgan fingerprint density at radius 2 is 1.91 bits per heavy atom. The van der Waals surface area contributed by atoms with Crippen LogP contribution in [0.2, 0.25) is 0 Å². The maximum absolute atomic E-state index is 13.8. The Kier molecular flexibility index (Phi) is 7.47. The van der Waals surface area contributed by atoms with Crippen molar-refractivity contribution in [3.8, 4) is 11.6 Å². The zero-order valence-electron chi connectivity index (χ0n) is 18.7. The molecule has 1 aliphatic heterocycles. The third-order valence-electron chi connectivity index (χ3n) is 5.61. The minimum Gasteiger partial charge on any atom is -0.436 e. The molecule has 7 nitrogen and oxygen atoms in total. The van der Waals surface area contributed by atoms with Gasteiger partial charge in [0.25, 0.3) is 0 Å². The average Bonchev–Trinajstić information content (AvgIpc) is 2.84. The van der Waals surface area contributed by atoms with Gasteiger partial charge in [0, 0.05) is 57.1 Å². The maximum atomic E-state index is 13.8. The first-order valence-electron chi connectivity index (χ1n) is 11.2. The van der Waals surface area contributed by atoms with Crippen molar-refractivity contribution >= 4 is 17.5 Å². The van der Waals surface area contributed by atoms with Crippen LogP contribution >= 0.6 is 0 Å². The number of rotatable bonds is 8. The summed E-state index contributed by atoms with van der Waals surface area (Å²) in [6.07, 6.45) is 3.05. The van der Waals surface area contributed by atoms with Crippen molar-refractivity contribution in [3.05, 3.63) is 72.2 Å². The van der Waals surface area contributed by atoms with Crippen LogP contribution in [0.3, 0.4) is 0 Å². The van der Waals surface area contributed by atoms with Crippen molar-refractivity contribution in [1.29, 1.82) is 0 Å². The van der Waals surface area contributed by atoms with Crippen LogP contribution in [0.5, 0.6) is 11.6 Å². The van der Waals surface area contributed by atoms with E-state index in [0.29, 0.717) is 12.4 Å². The largest absolute Gasteiger partial charge is 0.436 e. The van der Waals surface area contributed by atoms with Crippen LogP contribution in [-0.4, -0.2) is 58.4 Å². The van der Waals surface area contributed by atoms with Crippen molar-refractivity contribution in [1.82, 2.24) is 19.8 Å². The van der Waals surface area contributed by atoms with E-state index in [1.165, 1.54) is 11.6 Å². The number of benzene rings is 2. The molecular formula is C25H28FN5O2. The van der Waals surface area contributed by atoms with Crippen LogP contribution in [-0.2, 0) is 11.2 Å². The third kappa shape index (κ3) is 6.26. The van der Waals surface area contributed by atoms with Gasteiger partial charge in [0.1, 0.15) is 0 Å². The van der Waals surface area contributed by atoms with Gasteiger partial charge in [-0.15, -0.1) is 0 Å². The second kappa shape index (κ2) is 10.9. The highest BCUT2D eigenvalue weighted by Gasteiger charge is 2.19. The molecule has 1 fully saturated rings. The third-order valence-corrected chi connectivity index (χ3v) is 5.61. The molecular weight excluding hydrogens is 421 g/mol. The molecule has 2 aromatic carbocycles. The SMILES string of the molecule is CCC(=O)N1CCN(CCc2cccc(Nc3nccc(Oc4ccccc4F)n3)c2)CC1. The summed E-state index contributed by atoms with van der Waals surface area (Å²) in [5.41, 5.74) is 2.07. The number of hydrogen-bond acceptors (Lipinski definition) is 6. The quantitative estimate of drug-likeness (QED) is 0.555. The molecule has 172 valence electrons. The lowest BCUT2D eigenvalue weighted by Crippen LogP contribution is -2.48. The van der Waals surface area contributed by atoms with E-state index < -0.39 is 5.82 Å². The first kappa shape index (κ1) is 22.7. The van der Waals surface area contributed by atoms with Crippen molar-refractivity contribution < 1.29 is 13.9 Å². The predicted molar refractivity (Wildman–Crippen MR) is 125 cm³/mol. The summed E-state index contributed by atoms with van der Waals surface area (Å²) >= 11 is 0. The molecule has 33 heavy (non-hydrogen) atoms. The topological polar surface area (TPSA) is 70.6 Å². The summed E-state index contributed by atoms with van der Waals surface area (Å²) in [7, 11) is 0. The zero-order valence-corrected chi connectivity index (χ0v) is 18.7. The number of carbonyl (C=O) groups excluding carboxylic acids is 1. The minimum absolute atomic E-state index is 0.115. The van der Waals surface area contributed by atoms with Crippen molar-refractivity contribution in [2.75, 3.05) is 38.0 Å². The lowest BCUT2D eigenvalue weighted by atomic mass is 10.1. The monoisotopic (exact) mass is 449 g/mol. The van der Waals surface area contributed by atoms with E-state index in [0.717, 1.165) is 44.8 Å². The molecule has 0 bridgehead atoms. The van der Waals surface area contributed by atoms with E-state index in [9.17, 15) is 9.18 Å². The van der Waals surface area contributed by atoms with Gasteiger partial charge < -0.3 is 15.0 Å². The maximum Gasteiger partial charge on any atom is 0.230 e. The molecule has 3 aromatic rings. The number of para-hydroxylation sites is 1. The Morgan fingerprint density at radius 1 is 1.09 bits per heavy atom. The number of ether oxygens (including phenoxy) is 1. The van der Waals surface area contributed by atoms with Gasteiger partial charge in [-0.2, -0.15) is 4.98 Å². The van der Waals surface area contributed by atoms with Crippen molar-refractivity contribution in [2.24, 2.45) is 0 Å². The molecule has 8 heteroatoms. The first-order valence-corrected chi connectivity index (χ1v) is 11.2. The van der Waals surface area contributed by atoms with Gasteiger partial charge in [-0.25, -0.2) is 9.37 Å². The van der Waals surface area contributed by atoms with Gasteiger partial charge >= 0.3 is 0 Å². The summed E-state index contributed by atoms with van der Waals surface area (Å²) < 4.78 is 19.4. The Labute approximate surface area is 193 Å². The number of aromatic nitrogens is 2. The van der Waals surface area contributed by atoms with Crippen molar-refractivity contribution in [3.63, 3.8) is 0 Å². The summed E-state index contributed by atoms with van der Waals surface area (Å²) in [5, 5.41) is 3.19. The lowest BCUT2D eigenvalue weighted by Gasteiger charge is -2.34. The van der Waals surface area contributed by atoms with Crippen LogP contribution in [0, 0.1) is 5.82 Å². The fraction of sp³-hybridized carbons (Fsp3) is 0.320. The average molecular weight is 450 g/mol. The smallest absolute Gasteiger partial charge is 0.230 e. The van der Waals surface area contributed by atoms with Crippen LogP contribution in [0.15, 0.2) is 60.8 Å². The van der Waals surface area contributed by atoms with Crippen LogP contribution in [0.25, 0.3) is 0 Å². The van der Waals surface area contributed by atoms with E-state index in [4.69, 9.17) is 4.74 Å². The number of carbonyl (C=O) groups is 1. The highest BCUT2D eigenvalue weighted by atomic mass is 19.1. The summed E-state index contributed by atoms with van der Waals surface area (Å²) in [6.45, 7) is 6.28. The minimum atomic E-state index is -0.448. The van der Waals surface area contributed by atoms with Gasteiger partial charge in [-0.05, 0) is 36.2 Å². The molecule has 0 radical (unpaired) electrons. The summed E-state index contributed by atoms with van der Waals surface area (Å²) in [6, 6.07) is 15.9. The van der Waals surface area contributed by atoms with Crippen LogP contribution < -0.4 is 10.1 Å². The highest BCUT2D eigenvalue weighted by molar-refractivity contribution is 5.75. The normalized spacial score (nSPS) is 14.2. The molecule has 1 amide bonds. The molecule has 0 saturated carbocycles. The van der Waals surface area contributed by atoms with Crippen molar-refractivity contribution in [2.45, 2.75) is 19.8 Å². The Balaban J connectivity index is 1.32. The number of nitrogens with one attached hydrogen (secondary N) is 1. The van der Waals surface area contributed by atoms with E-state index in [1.807, 2.05) is 24.0 Å². The van der Waals surface area contributed by atoms with E-state index in [2.05, 4.69) is 32.3 Å². The van der Waals surface area contributed by atoms with Gasteiger partial charge in [-0.3, -0.25) is 9.69 Å². The molecule has 0 spiro atoms. The fourth-order valence-corrected chi connectivity index (χ4v) is 3.76. The molecule has 0 aliphatic carbocycles. The first-order chi connectivity index (χ1) is 16.1. The summed E-state index contributed by atoms with van der Waals surface area (Å²) in [4.78, 5) is 24.7. The molecule has 0 unspecified atom stereocenters. The standard InChI is InChI=1S/C25H28FN5O2/c1-2-24(32)31-16-14-30(15-17-31)13-11-19-6-5-7-20(18-19)28-25-27-12-10-23(29-25)33-22-9-4-3-8-21(22)26/h3-10,12,18H,2,11,13-17H2,1H3,(H,27,28,29). The highest BCUT2D eigenvalue weighted by Crippen LogP contribution is 2.24. The van der Waals surface area contributed by atoms with Crippen LogP contribution in [0.4, 0.5) is 16.0 Å². The van der Waals surface area contributed by atoms with Gasteiger partial charge in [0.2, 0.25) is 17.7 Å². The number of amides is 1. The second-order valence-corrected chi connectivity index (χ2v) is 7.90. The lowest BCUT2D eigenvalue weighted by molar-refractivity contribution is -0.132. The number of anilines is 2. The Bertz CT molecular complexity index is 1090. The molecule has 1 aromatic heterocycles. The number of halogens is 1. The zero-order chi connectivity index (χ0) is 23.0. The number of piperazine rings is 1. The predicted octanol–water partition coefficient (Wildman–Crippen LogP) is 4.25. The summed E-state index contributed by atoms with van der Waals surface area (Å²) in [5.74, 6) is 0.534. The molecule has 1 aliphatic rings. The van der Waals surface area contributed by atoms with E-state index >= 15 is 0 Å². The van der Waals surface area contributed by atoms with Crippen LogP contribution in [0.1, 0.15) is 18.9 Å². The molecule has 0 atom stereocenters. The van der Waals surface area contributed by atoms with Gasteiger partial charge in [0.15, 0.2) is 11.6 Å². The number of hydrogen-bond donors (Lipinski definition) is 1. The Hall–Kier alpha value is -3.52. The van der Waals surface area contributed by atoms with E-state index in [-0.39, 0.29) is 17.5 Å². The second-order valence-electron chi connectivity index (χ2n) is 7.90. The van der Waals surface area contributed by atoms with Gasteiger partial charge in [0.05, 0.1) is 0 Å². The molecule has 1 saturated heterocycles. The molecule has 2 heterocycles. The molecule has 1 N–H and O–H groups in total. The van der Waals surface area contributed by atoms with E-state index in [1.54, 1.807) is 30.5 Å². The fourth-order valence-electron chi connectivity index (χ4n) is 3.76.